The number of fused-ring (bicyclic) bond motifs is 3. The molecular formula is C14H12N2O2. The third-order valence-electron chi connectivity index (χ3n) is 3.28. The van der Waals surface area contributed by atoms with Crippen molar-refractivity contribution >= 4 is 27.8 Å². The lowest BCUT2D eigenvalue weighted by atomic mass is 10.1. The highest BCUT2D eigenvalue weighted by molar-refractivity contribution is 6.10. The molecule has 2 aromatic heterocycles. The van der Waals surface area contributed by atoms with Crippen molar-refractivity contribution < 1.29 is 9.90 Å². The van der Waals surface area contributed by atoms with E-state index in [1.165, 1.54) is 0 Å². The molecule has 0 aliphatic rings. The van der Waals surface area contributed by atoms with Crippen LogP contribution in [0.3, 0.4) is 0 Å². The van der Waals surface area contributed by atoms with E-state index >= 15 is 0 Å². The molecule has 0 unspecified atom stereocenters. The molecule has 0 aliphatic carbocycles. The Morgan fingerprint density at radius 1 is 1.28 bits per heavy atom. The molecule has 4 nitrogen and oxygen atoms in total. The van der Waals surface area contributed by atoms with Gasteiger partial charge in [-0.15, -0.1) is 0 Å². The summed E-state index contributed by atoms with van der Waals surface area (Å²) >= 11 is 0. The molecule has 2 N–H and O–H groups in total. The zero-order valence-electron chi connectivity index (χ0n) is 10.1. The predicted molar refractivity (Wildman–Crippen MR) is 70.0 cm³/mol. The Morgan fingerprint density at radius 3 is 2.72 bits per heavy atom. The minimum atomic E-state index is -0.990. The highest BCUT2D eigenvalue weighted by Crippen LogP contribution is 2.30. The number of H-pyrrole nitrogens is 1. The second kappa shape index (κ2) is 3.57. The lowest BCUT2D eigenvalue weighted by Gasteiger charge is -2.04. The SMILES string of the molecule is Cc1c(C(=O)O)nc(C)c2c1[nH]c1ccccc12. The number of pyridine rings is 1. The Balaban J connectivity index is 2.56. The lowest BCUT2D eigenvalue weighted by molar-refractivity contribution is 0.0689. The first-order valence-electron chi connectivity index (χ1n) is 5.70. The Bertz CT molecular complexity index is 787. The van der Waals surface area contributed by atoms with Crippen molar-refractivity contribution in [2.45, 2.75) is 13.8 Å². The maximum atomic E-state index is 11.2. The number of aromatic carboxylic acids is 1. The number of hydrogen-bond donors (Lipinski definition) is 2. The smallest absolute Gasteiger partial charge is 0.354 e. The van der Waals surface area contributed by atoms with Crippen molar-refractivity contribution in [3.8, 4) is 0 Å². The van der Waals surface area contributed by atoms with E-state index < -0.39 is 5.97 Å². The van der Waals surface area contributed by atoms with Gasteiger partial charge in [0.15, 0.2) is 5.69 Å². The van der Waals surface area contributed by atoms with Gasteiger partial charge < -0.3 is 10.1 Å². The average molecular weight is 240 g/mol. The van der Waals surface area contributed by atoms with Crippen LogP contribution >= 0.6 is 0 Å². The first-order chi connectivity index (χ1) is 8.59. The number of nitrogens with zero attached hydrogens (tertiary/aromatic N) is 1. The van der Waals surface area contributed by atoms with Gasteiger partial charge in [0.25, 0.3) is 0 Å². The van der Waals surface area contributed by atoms with Crippen LogP contribution in [0.5, 0.6) is 0 Å². The summed E-state index contributed by atoms with van der Waals surface area (Å²) in [5.74, 6) is -0.990. The van der Waals surface area contributed by atoms with Crippen molar-refractivity contribution in [1.82, 2.24) is 9.97 Å². The molecule has 0 saturated carbocycles. The van der Waals surface area contributed by atoms with Gasteiger partial charge in [0.2, 0.25) is 0 Å². The standard InChI is InChI=1S/C14H12N2O2/c1-7-12-11(8(2)15-13(7)14(17)18)9-5-3-4-6-10(9)16-12/h3-6,16H,1-2H3,(H,17,18). The number of hydrogen-bond acceptors (Lipinski definition) is 2. The van der Waals surface area contributed by atoms with Crippen molar-refractivity contribution in [2.75, 3.05) is 0 Å². The summed E-state index contributed by atoms with van der Waals surface area (Å²) in [6.45, 7) is 3.63. The predicted octanol–water partition coefficient (Wildman–Crippen LogP) is 3.03. The average Bonchev–Trinajstić information content (AvgIpc) is 2.73. The minimum Gasteiger partial charge on any atom is -0.477 e. The number of para-hydroxylation sites is 1. The first-order valence-corrected chi connectivity index (χ1v) is 5.70. The highest BCUT2D eigenvalue weighted by atomic mass is 16.4. The van der Waals surface area contributed by atoms with Gasteiger partial charge in [0.05, 0.1) is 5.52 Å². The van der Waals surface area contributed by atoms with Gasteiger partial charge in [0, 0.05) is 27.5 Å². The molecule has 3 rings (SSSR count). The Morgan fingerprint density at radius 2 is 2.00 bits per heavy atom. The van der Waals surface area contributed by atoms with E-state index in [0.29, 0.717) is 5.56 Å². The van der Waals surface area contributed by atoms with Crippen LogP contribution in [-0.4, -0.2) is 21.0 Å². The van der Waals surface area contributed by atoms with E-state index in [1.807, 2.05) is 31.2 Å². The molecule has 0 bridgehead atoms. The fourth-order valence-electron chi connectivity index (χ4n) is 2.43. The van der Waals surface area contributed by atoms with Crippen LogP contribution in [0.4, 0.5) is 0 Å². The van der Waals surface area contributed by atoms with Crippen molar-refractivity contribution in [3.63, 3.8) is 0 Å². The number of aromatic amines is 1. The van der Waals surface area contributed by atoms with Crippen molar-refractivity contribution in [2.24, 2.45) is 0 Å². The normalized spacial score (nSPS) is 11.2. The molecule has 0 fully saturated rings. The molecule has 3 aromatic rings. The fourth-order valence-corrected chi connectivity index (χ4v) is 2.43. The molecule has 0 aliphatic heterocycles. The summed E-state index contributed by atoms with van der Waals surface area (Å²) < 4.78 is 0. The minimum absolute atomic E-state index is 0.117. The number of carbonyl (C=O) groups is 1. The molecule has 90 valence electrons. The molecule has 0 radical (unpaired) electrons. The number of nitrogens with one attached hydrogen (secondary N) is 1. The maximum Gasteiger partial charge on any atom is 0.354 e. The zero-order chi connectivity index (χ0) is 12.9. The summed E-state index contributed by atoms with van der Waals surface area (Å²) in [4.78, 5) is 18.6. The Hall–Kier alpha value is -2.36. The number of carboxylic acids is 1. The number of aromatic nitrogens is 2. The van der Waals surface area contributed by atoms with Crippen LogP contribution in [0.1, 0.15) is 21.7 Å². The number of carboxylic acid groups (broad SMARTS) is 1. The van der Waals surface area contributed by atoms with E-state index in [9.17, 15) is 4.79 Å². The zero-order valence-corrected chi connectivity index (χ0v) is 10.1. The first kappa shape index (κ1) is 10.8. The number of rotatable bonds is 1. The van der Waals surface area contributed by atoms with Gasteiger partial charge in [-0.2, -0.15) is 0 Å². The topological polar surface area (TPSA) is 66.0 Å². The second-order valence-electron chi connectivity index (χ2n) is 4.40. The van der Waals surface area contributed by atoms with Crippen LogP contribution in [-0.2, 0) is 0 Å². The van der Waals surface area contributed by atoms with Crippen LogP contribution in [0.2, 0.25) is 0 Å². The van der Waals surface area contributed by atoms with Gasteiger partial charge >= 0.3 is 5.97 Å². The molecule has 0 atom stereocenters. The highest BCUT2D eigenvalue weighted by Gasteiger charge is 2.17. The monoisotopic (exact) mass is 240 g/mol. The van der Waals surface area contributed by atoms with Crippen molar-refractivity contribution in [1.29, 1.82) is 0 Å². The molecule has 18 heavy (non-hydrogen) atoms. The molecule has 1 aromatic carbocycles. The van der Waals surface area contributed by atoms with E-state index in [-0.39, 0.29) is 5.69 Å². The molecule has 0 amide bonds. The summed E-state index contributed by atoms with van der Waals surface area (Å²) in [6.07, 6.45) is 0. The van der Waals surface area contributed by atoms with Gasteiger partial charge in [-0.1, -0.05) is 18.2 Å². The molecular weight excluding hydrogens is 228 g/mol. The van der Waals surface area contributed by atoms with Crippen LogP contribution in [0.15, 0.2) is 24.3 Å². The Labute approximate surface area is 103 Å². The number of aryl methyl sites for hydroxylation is 2. The number of benzene rings is 1. The Kier molecular flexibility index (Phi) is 2.13. The van der Waals surface area contributed by atoms with E-state index in [0.717, 1.165) is 27.5 Å². The van der Waals surface area contributed by atoms with Crippen LogP contribution in [0, 0.1) is 13.8 Å². The van der Waals surface area contributed by atoms with Gasteiger partial charge in [-0.3, -0.25) is 0 Å². The fraction of sp³-hybridized carbons (Fsp3) is 0.143. The second-order valence-corrected chi connectivity index (χ2v) is 4.40. The molecule has 0 saturated heterocycles. The van der Waals surface area contributed by atoms with Crippen LogP contribution in [0.25, 0.3) is 21.8 Å². The van der Waals surface area contributed by atoms with E-state index in [2.05, 4.69) is 9.97 Å². The van der Waals surface area contributed by atoms with Gasteiger partial charge in [-0.25, -0.2) is 9.78 Å². The van der Waals surface area contributed by atoms with E-state index in [1.54, 1.807) is 6.92 Å². The van der Waals surface area contributed by atoms with Gasteiger partial charge in [-0.05, 0) is 19.9 Å². The van der Waals surface area contributed by atoms with Crippen LogP contribution < -0.4 is 0 Å². The lowest BCUT2D eigenvalue weighted by Crippen LogP contribution is -2.05. The summed E-state index contributed by atoms with van der Waals surface area (Å²) in [5.41, 5.74) is 3.40. The maximum absolute atomic E-state index is 11.2. The largest absolute Gasteiger partial charge is 0.477 e. The quantitative estimate of drug-likeness (QED) is 0.687. The molecule has 0 spiro atoms. The van der Waals surface area contributed by atoms with Gasteiger partial charge in [0.1, 0.15) is 0 Å². The van der Waals surface area contributed by atoms with E-state index in [4.69, 9.17) is 5.11 Å². The summed E-state index contributed by atoms with van der Waals surface area (Å²) in [7, 11) is 0. The molecule has 2 heterocycles. The molecule has 4 heteroatoms. The summed E-state index contributed by atoms with van der Waals surface area (Å²) in [6, 6.07) is 7.92. The van der Waals surface area contributed by atoms with Crippen molar-refractivity contribution in [3.05, 3.63) is 41.2 Å². The third-order valence-corrected chi connectivity index (χ3v) is 3.28. The third kappa shape index (κ3) is 1.32. The summed E-state index contributed by atoms with van der Waals surface area (Å²) in [5, 5.41) is 11.2.